The van der Waals surface area contributed by atoms with Gasteiger partial charge in [0.2, 0.25) is 3.92 Å². The van der Waals surface area contributed by atoms with Gasteiger partial charge in [0.1, 0.15) is 0 Å². The molecule has 5 heteroatoms. The first kappa shape index (κ1) is 11.6. The van der Waals surface area contributed by atoms with E-state index in [1.807, 2.05) is 0 Å². The van der Waals surface area contributed by atoms with Crippen LogP contribution in [0.4, 0.5) is 4.79 Å². The van der Waals surface area contributed by atoms with E-state index in [0.29, 0.717) is 0 Å². The summed E-state index contributed by atoms with van der Waals surface area (Å²) < 4.78 is 3.40. The van der Waals surface area contributed by atoms with Gasteiger partial charge in [0.15, 0.2) is 0 Å². The van der Waals surface area contributed by atoms with Crippen LogP contribution >= 0.6 is 31.9 Å². The molecule has 0 bridgehead atoms. The van der Waals surface area contributed by atoms with Crippen LogP contribution in [0.3, 0.4) is 0 Å². The van der Waals surface area contributed by atoms with Crippen molar-refractivity contribution in [3.8, 4) is 12.8 Å². The number of halogens is 2. The van der Waals surface area contributed by atoms with Gasteiger partial charge in [0.05, 0.1) is 0 Å². The van der Waals surface area contributed by atoms with Crippen LogP contribution in [-0.4, -0.2) is 15.2 Å². The van der Waals surface area contributed by atoms with Crippen LogP contribution in [0.25, 0.3) is 0 Å². The Morgan fingerprint density at radius 1 is 1.56 bits per heavy atom. The smallest absolute Gasteiger partial charge is 0.450 e. The highest BCUT2D eigenvalue weighted by Crippen LogP contribution is 2.08. The highest BCUT2D eigenvalue weighted by molar-refractivity contribution is 9.24. The maximum absolute atomic E-state index is 9.53. The van der Waals surface area contributed by atoms with Crippen LogP contribution in [-0.2, 0) is 4.74 Å². The molecule has 0 aliphatic heterocycles. The third-order valence-electron chi connectivity index (χ3n) is 0.190. The summed E-state index contributed by atoms with van der Waals surface area (Å²) in [7, 11) is 0. The maximum atomic E-state index is 9.53. The Balaban J connectivity index is 0. The van der Waals surface area contributed by atoms with Gasteiger partial charge >= 0.3 is 6.16 Å². The van der Waals surface area contributed by atoms with Crippen molar-refractivity contribution in [3.63, 3.8) is 0 Å². The summed E-state index contributed by atoms with van der Waals surface area (Å²) in [6.45, 7) is 0. The lowest BCUT2D eigenvalue weighted by Crippen LogP contribution is -2.01. The molecule has 0 aromatic heterocycles. The first-order valence-electron chi connectivity index (χ1n) is 1.64. The third kappa shape index (κ3) is 18.2. The largest absolute Gasteiger partial charge is 0.507 e. The summed E-state index contributed by atoms with van der Waals surface area (Å²) in [6.07, 6.45) is 6.69. The van der Waals surface area contributed by atoms with Gasteiger partial charge in [-0.2, -0.15) is 0 Å². The monoisotopic (exact) mass is 258 g/mol. The zero-order valence-corrected chi connectivity index (χ0v) is 7.42. The Morgan fingerprint density at radius 3 is 1.89 bits per heavy atom. The summed E-state index contributed by atoms with van der Waals surface area (Å²) in [5.41, 5.74) is 0. The van der Waals surface area contributed by atoms with Crippen LogP contribution < -0.4 is 0 Å². The van der Waals surface area contributed by atoms with E-state index >= 15 is 0 Å². The van der Waals surface area contributed by atoms with Crippen LogP contribution in [0, 0.1) is 12.8 Å². The van der Waals surface area contributed by atoms with E-state index in [4.69, 9.17) is 5.11 Å². The van der Waals surface area contributed by atoms with Crippen molar-refractivity contribution in [2.75, 3.05) is 0 Å². The molecule has 0 aliphatic rings. The van der Waals surface area contributed by atoms with Gasteiger partial charge in [-0.3, -0.25) is 0 Å². The third-order valence-corrected chi connectivity index (χ3v) is 0.564. The topological polar surface area (TPSA) is 46.5 Å². The first-order valence-corrected chi connectivity index (χ1v) is 3.47. The summed E-state index contributed by atoms with van der Waals surface area (Å²) in [5.74, 6) is 0. The molecule has 0 saturated heterocycles. The second kappa shape index (κ2) is 7.79. The van der Waals surface area contributed by atoms with E-state index < -0.39 is 10.1 Å². The van der Waals surface area contributed by atoms with Crippen molar-refractivity contribution in [3.05, 3.63) is 0 Å². The number of hydrogen-bond donors (Lipinski definition) is 1. The molecule has 3 nitrogen and oxygen atoms in total. The van der Waals surface area contributed by atoms with Crippen molar-refractivity contribution < 1.29 is 14.6 Å². The SMILES string of the molecule is C#C.O=C(O)OC(Br)Br. The molecule has 0 spiro atoms. The molecule has 0 amide bonds. The zero-order valence-electron chi connectivity index (χ0n) is 4.25. The lowest BCUT2D eigenvalue weighted by Gasteiger charge is -1.95. The molecular weight excluding hydrogens is 256 g/mol. The van der Waals surface area contributed by atoms with E-state index in [9.17, 15) is 4.79 Å². The summed E-state index contributed by atoms with van der Waals surface area (Å²) in [5, 5.41) is 7.80. The van der Waals surface area contributed by atoms with Gasteiger partial charge in [-0.15, -0.1) is 12.8 Å². The average molecular weight is 260 g/mol. The summed E-state index contributed by atoms with van der Waals surface area (Å²) in [6, 6.07) is 0. The molecule has 0 aliphatic carbocycles. The van der Waals surface area contributed by atoms with Crippen molar-refractivity contribution in [1.82, 2.24) is 0 Å². The summed E-state index contributed by atoms with van der Waals surface area (Å²) >= 11 is 5.58. The standard InChI is InChI=1S/C2H2Br2O3.C2H2/c3-1(4)7-2(5)6;1-2/h1H,(H,5,6);1-2H. The van der Waals surface area contributed by atoms with Gasteiger partial charge in [0.25, 0.3) is 0 Å². The molecule has 0 fully saturated rings. The number of terminal acetylenes is 1. The fourth-order valence-electron chi connectivity index (χ4n) is 0.0762. The van der Waals surface area contributed by atoms with Crippen molar-refractivity contribution in [1.29, 1.82) is 0 Å². The molecule has 0 saturated carbocycles. The fraction of sp³-hybridized carbons (Fsp3) is 0.250. The Labute approximate surface area is 69.6 Å². The number of rotatable bonds is 1. The number of alkyl halides is 2. The van der Waals surface area contributed by atoms with Crippen LogP contribution in [0.1, 0.15) is 0 Å². The van der Waals surface area contributed by atoms with Gasteiger partial charge in [-0.25, -0.2) is 4.79 Å². The lowest BCUT2D eigenvalue weighted by atomic mass is 11.4. The normalized spacial score (nSPS) is 7.22. The average Bonchev–Trinajstić information content (AvgIpc) is 1.68. The van der Waals surface area contributed by atoms with Crippen molar-refractivity contribution >= 4 is 38.0 Å². The molecular formula is C4H4Br2O3. The van der Waals surface area contributed by atoms with E-state index in [1.54, 1.807) is 0 Å². The Hall–Kier alpha value is -0.210. The Kier molecular flexibility index (Phi) is 10.0. The highest BCUT2D eigenvalue weighted by Gasteiger charge is 2.00. The van der Waals surface area contributed by atoms with E-state index in [0.717, 1.165) is 0 Å². The number of carbonyl (C=O) groups is 1. The molecule has 0 heterocycles. The minimum Gasteiger partial charge on any atom is -0.450 e. The first-order chi connectivity index (χ1) is 4.13. The number of hydrogen-bond acceptors (Lipinski definition) is 2. The van der Waals surface area contributed by atoms with Gasteiger partial charge in [-0.05, 0) is 31.9 Å². The van der Waals surface area contributed by atoms with E-state index in [1.165, 1.54) is 0 Å². The van der Waals surface area contributed by atoms with Crippen molar-refractivity contribution in [2.45, 2.75) is 3.92 Å². The predicted molar refractivity (Wildman–Crippen MR) is 40.6 cm³/mol. The van der Waals surface area contributed by atoms with Crippen molar-refractivity contribution in [2.24, 2.45) is 0 Å². The second-order valence-corrected chi connectivity index (χ2v) is 3.54. The fourth-order valence-corrected chi connectivity index (χ4v) is 0.396. The number of carboxylic acid groups (broad SMARTS) is 1. The minimum absolute atomic E-state index is 0.600. The minimum atomic E-state index is -1.31. The maximum Gasteiger partial charge on any atom is 0.507 e. The Bertz CT molecular complexity index is 99.2. The van der Waals surface area contributed by atoms with E-state index in [2.05, 4.69) is 49.4 Å². The zero-order chi connectivity index (χ0) is 7.86. The Morgan fingerprint density at radius 2 is 1.89 bits per heavy atom. The molecule has 0 atom stereocenters. The highest BCUT2D eigenvalue weighted by atomic mass is 79.9. The quantitative estimate of drug-likeness (QED) is 0.445. The van der Waals surface area contributed by atoms with Gasteiger partial charge < -0.3 is 9.84 Å². The molecule has 0 unspecified atom stereocenters. The molecule has 0 radical (unpaired) electrons. The molecule has 52 valence electrons. The van der Waals surface area contributed by atoms with Gasteiger partial charge in [0, 0.05) is 0 Å². The van der Waals surface area contributed by atoms with E-state index in [-0.39, 0.29) is 0 Å². The van der Waals surface area contributed by atoms with Crippen LogP contribution in [0.5, 0.6) is 0 Å². The second-order valence-electron chi connectivity index (χ2n) is 0.644. The number of ether oxygens (including phenoxy) is 1. The molecule has 0 rings (SSSR count). The molecule has 9 heavy (non-hydrogen) atoms. The lowest BCUT2D eigenvalue weighted by molar-refractivity contribution is 0.104. The van der Waals surface area contributed by atoms with Crippen LogP contribution in [0.15, 0.2) is 0 Å². The summed E-state index contributed by atoms with van der Waals surface area (Å²) in [4.78, 5) is 9.53. The van der Waals surface area contributed by atoms with Gasteiger partial charge in [-0.1, -0.05) is 0 Å². The molecule has 0 aromatic rings. The van der Waals surface area contributed by atoms with Crippen LogP contribution in [0.2, 0.25) is 0 Å². The molecule has 0 aromatic carbocycles. The molecule has 1 N–H and O–H groups in total. The predicted octanol–water partition coefficient (Wildman–Crippen LogP) is 2.00.